The summed E-state index contributed by atoms with van der Waals surface area (Å²) in [4.78, 5) is 12.6. The van der Waals surface area contributed by atoms with Crippen LogP contribution in [0.4, 0.5) is 0 Å². The topological polar surface area (TPSA) is 17.1 Å². The standard InChI is InChI=1S/C24H22O/c25-22-15-21-13-7-8-14-23(21)24(18-22,16-19-9-3-1-4-10-19)17-20-11-5-2-6-12-20/h1-14H,15-18H2. The van der Waals surface area contributed by atoms with Gasteiger partial charge in [0.1, 0.15) is 5.78 Å². The zero-order chi connectivity index (χ0) is 17.1. The molecule has 0 radical (unpaired) electrons. The third-order valence-electron chi connectivity index (χ3n) is 5.28. The first-order valence-corrected chi connectivity index (χ1v) is 8.93. The molecule has 1 aliphatic rings. The van der Waals surface area contributed by atoms with Crippen molar-refractivity contribution in [3.63, 3.8) is 0 Å². The monoisotopic (exact) mass is 326 g/mol. The molecule has 1 nitrogen and oxygen atoms in total. The number of rotatable bonds is 4. The first-order chi connectivity index (χ1) is 12.3. The molecule has 4 rings (SSSR count). The van der Waals surface area contributed by atoms with Crippen molar-refractivity contribution in [2.45, 2.75) is 31.1 Å². The Morgan fingerprint density at radius 1 is 0.680 bits per heavy atom. The molecule has 0 saturated carbocycles. The fourth-order valence-electron chi connectivity index (χ4n) is 4.29. The van der Waals surface area contributed by atoms with Crippen molar-refractivity contribution in [1.82, 2.24) is 0 Å². The molecule has 25 heavy (non-hydrogen) atoms. The molecular formula is C24H22O. The quantitative estimate of drug-likeness (QED) is 0.665. The van der Waals surface area contributed by atoms with E-state index in [9.17, 15) is 4.79 Å². The van der Waals surface area contributed by atoms with Gasteiger partial charge in [-0.25, -0.2) is 0 Å². The fourth-order valence-corrected chi connectivity index (χ4v) is 4.29. The molecule has 3 aromatic rings. The number of carbonyl (C=O) groups excluding carboxylic acids is 1. The summed E-state index contributed by atoms with van der Waals surface area (Å²) in [7, 11) is 0. The Bertz CT molecular complexity index is 823. The Kier molecular flexibility index (Phi) is 4.23. The molecule has 0 amide bonds. The van der Waals surface area contributed by atoms with E-state index in [1.165, 1.54) is 22.3 Å². The molecule has 0 N–H and O–H groups in total. The van der Waals surface area contributed by atoms with Crippen molar-refractivity contribution >= 4 is 5.78 Å². The smallest absolute Gasteiger partial charge is 0.138 e. The Balaban J connectivity index is 1.82. The lowest BCUT2D eigenvalue weighted by Gasteiger charge is -2.39. The summed E-state index contributed by atoms with van der Waals surface area (Å²) >= 11 is 0. The maximum Gasteiger partial charge on any atom is 0.138 e. The van der Waals surface area contributed by atoms with Gasteiger partial charge in [0.25, 0.3) is 0 Å². The molecule has 3 aromatic carbocycles. The van der Waals surface area contributed by atoms with Crippen LogP contribution >= 0.6 is 0 Å². The van der Waals surface area contributed by atoms with E-state index in [-0.39, 0.29) is 5.41 Å². The molecule has 1 heteroatoms. The molecule has 0 spiro atoms. The number of benzene rings is 3. The number of hydrogen-bond donors (Lipinski definition) is 0. The molecule has 124 valence electrons. The van der Waals surface area contributed by atoms with Gasteiger partial charge in [0.05, 0.1) is 0 Å². The molecule has 0 heterocycles. The number of carbonyl (C=O) groups is 1. The summed E-state index contributed by atoms with van der Waals surface area (Å²) in [5.41, 5.74) is 4.98. The van der Waals surface area contributed by atoms with E-state index in [0.29, 0.717) is 18.6 Å². The first-order valence-electron chi connectivity index (χ1n) is 8.93. The Morgan fingerprint density at radius 3 is 1.80 bits per heavy atom. The molecule has 0 aliphatic heterocycles. The van der Waals surface area contributed by atoms with Crippen LogP contribution in [0, 0.1) is 0 Å². The molecular weight excluding hydrogens is 304 g/mol. The highest BCUT2D eigenvalue weighted by atomic mass is 16.1. The number of fused-ring (bicyclic) bond motifs is 1. The zero-order valence-electron chi connectivity index (χ0n) is 14.3. The largest absolute Gasteiger partial charge is 0.299 e. The maximum atomic E-state index is 12.6. The summed E-state index contributed by atoms with van der Waals surface area (Å²) in [5.74, 6) is 0.352. The van der Waals surface area contributed by atoms with E-state index in [4.69, 9.17) is 0 Å². The molecule has 0 bridgehead atoms. The maximum absolute atomic E-state index is 12.6. The van der Waals surface area contributed by atoms with E-state index in [1.807, 2.05) is 18.2 Å². The molecule has 0 saturated heterocycles. The molecule has 0 unspecified atom stereocenters. The normalized spacial score (nSPS) is 15.6. The highest BCUT2D eigenvalue weighted by Gasteiger charge is 2.39. The van der Waals surface area contributed by atoms with Gasteiger partial charge in [-0.2, -0.15) is 0 Å². The van der Waals surface area contributed by atoms with E-state index < -0.39 is 0 Å². The highest BCUT2D eigenvalue weighted by Crippen LogP contribution is 2.41. The molecule has 0 atom stereocenters. The van der Waals surface area contributed by atoms with Crippen molar-refractivity contribution in [3.8, 4) is 0 Å². The summed E-state index contributed by atoms with van der Waals surface area (Å²) < 4.78 is 0. The van der Waals surface area contributed by atoms with E-state index in [0.717, 1.165) is 12.8 Å². The van der Waals surface area contributed by atoms with Crippen molar-refractivity contribution in [3.05, 3.63) is 107 Å². The molecule has 0 fully saturated rings. The van der Waals surface area contributed by atoms with Gasteiger partial charge in [0.15, 0.2) is 0 Å². The van der Waals surface area contributed by atoms with Crippen LogP contribution in [0.25, 0.3) is 0 Å². The van der Waals surface area contributed by atoms with Crippen molar-refractivity contribution < 1.29 is 4.79 Å². The van der Waals surface area contributed by atoms with Crippen molar-refractivity contribution in [2.75, 3.05) is 0 Å². The number of Topliss-reactive ketones (excluding diaryl/α,β-unsaturated/α-hetero) is 1. The van der Waals surface area contributed by atoms with Gasteiger partial charge in [-0.3, -0.25) is 4.79 Å². The molecule has 0 aromatic heterocycles. The van der Waals surface area contributed by atoms with Crippen molar-refractivity contribution in [1.29, 1.82) is 0 Å². The lowest BCUT2D eigenvalue weighted by Crippen LogP contribution is -2.39. The van der Waals surface area contributed by atoms with Crippen LogP contribution in [-0.4, -0.2) is 5.78 Å². The first kappa shape index (κ1) is 15.8. The van der Waals surface area contributed by atoms with Crippen LogP contribution < -0.4 is 0 Å². The average molecular weight is 326 g/mol. The third kappa shape index (κ3) is 3.28. The van der Waals surface area contributed by atoms with Crippen LogP contribution in [0.2, 0.25) is 0 Å². The van der Waals surface area contributed by atoms with Crippen LogP contribution in [0.5, 0.6) is 0 Å². The second kappa shape index (κ2) is 6.68. The summed E-state index contributed by atoms with van der Waals surface area (Å²) in [6.45, 7) is 0. The predicted octanol–water partition coefficient (Wildman–Crippen LogP) is 4.93. The second-order valence-corrected chi connectivity index (χ2v) is 7.15. The summed E-state index contributed by atoms with van der Waals surface area (Å²) in [6.07, 6.45) is 2.98. The van der Waals surface area contributed by atoms with Crippen LogP contribution in [0.3, 0.4) is 0 Å². The van der Waals surface area contributed by atoms with Crippen LogP contribution in [0.15, 0.2) is 84.9 Å². The van der Waals surface area contributed by atoms with Crippen LogP contribution in [-0.2, 0) is 29.5 Å². The minimum atomic E-state index is -0.158. The van der Waals surface area contributed by atoms with Crippen LogP contribution in [0.1, 0.15) is 28.7 Å². The predicted molar refractivity (Wildman–Crippen MR) is 102 cm³/mol. The Hall–Kier alpha value is -2.67. The van der Waals surface area contributed by atoms with E-state index in [2.05, 4.69) is 66.7 Å². The number of ketones is 1. The van der Waals surface area contributed by atoms with E-state index >= 15 is 0 Å². The summed E-state index contributed by atoms with van der Waals surface area (Å²) in [5, 5.41) is 0. The summed E-state index contributed by atoms with van der Waals surface area (Å²) in [6, 6.07) is 29.7. The van der Waals surface area contributed by atoms with Crippen molar-refractivity contribution in [2.24, 2.45) is 0 Å². The third-order valence-corrected chi connectivity index (χ3v) is 5.28. The van der Waals surface area contributed by atoms with E-state index in [1.54, 1.807) is 0 Å². The van der Waals surface area contributed by atoms with Gasteiger partial charge in [0.2, 0.25) is 0 Å². The van der Waals surface area contributed by atoms with Gasteiger partial charge in [-0.1, -0.05) is 84.9 Å². The second-order valence-electron chi connectivity index (χ2n) is 7.15. The minimum absolute atomic E-state index is 0.158. The van der Waals surface area contributed by atoms with Gasteiger partial charge >= 0.3 is 0 Å². The van der Waals surface area contributed by atoms with Gasteiger partial charge < -0.3 is 0 Å². The molecule has 1 aliphatic carbocycles. The highest BCUT2D eigenvalue weighted by molar-refractivity contribution is 5.85. The Labute approximate surface area is 149 Å². The van der Waals surface area contributed by atoms with Gasteiger partial charge in [-0.05, 0) is 35.1 Å². The SMILES string of the molecule is O=C1Cc2ccccc2C(Cc2ccccc2)(Cc2ccccc2)C1. The Morgan fingerprint density at radius 2 is 1.20 bits per heavy atom. The fraction of sp³-hybridized carbons (Fsp3) is 0.208. The van der Waals surface area contributed by atoms with Gasteiger partial charge in [-0.15, -0.1) is 0 Å². The lowest BCUT2D eigenvalue weighted by atomic mass is 9.63. The average Bonchev–Trinajstić information content (AvgIpc) is 2.63. The number of hydrogen-bond acceptors (Lipinski definition) is 1. The lowest BCUT2D eigenvalue weighted by molar-refractivity contribution is -0.120. The minimum Gasteiger partial charge on any atom is -0.299 e. The zero-order valence-corrected chi connectivity index (χ0v) is 14.3. The van der Waals surface area contributed by atoms with Gasteiger partial charge in [0, 0.05) is 18.3 Å².